The van der Waals surface area contributed by atoms with Crippen molar-refractivity contribution in [1.29, 1.82) is 0 Å². The monoisotopic (exact) mass is 786 g/mol. The minimum atomic E-state index is -1.25. The molecule has 0 spiro atoms. The quantitative estimate of drug-likeness (QED) is 0.0831. The molecule has 0 unspecified atom stereocenters. The van der Waals surface area contributed by atoms with Crippen LogP contribution >= 0.6 is 0 Å². The second-order valence-electron chi connectivity index (χ2n) is 14.0. The van der Waals surface area contributed by atoms with E-state index in [2.05, 4.69) is 20.9 Å². The zero-order valence-corrected chi connectivity index (χ0v) is 31.6. The van der Waals surface area contributed by atoms with Gasteiger partial charge in [0.05, 0.1) is 11.8 Å². The molecule has 2 aromatic carbocycles. The molecule has 2 saturated heterocycles. The van der Waals surface area contributed by atoms with Crippen LogP contribution in [-0.4, -0.2) is 94.6 Å². The van der Waals surface area contributed by atoms with E-state index in [-0.39, 0.29) is 55.7 Å². The highest BCUT2D eigenvalue weighted by atomic mass is 16.7. The number of pyridine rings is 1. The van der Waals surface area contributed by atoms with E-state index in [1.165, 1.54) is 18.2 Å². The molecule has 304 valence electrons. The normalized spacial score (nSPS) is 18.4. The molecule has 3 atom stereocenters. The predicted molar refractivity (Wildman–Crippen MR) is 210 cm³/mol. The molecular formula is C41H50N6O10. The smallest absolute Gasteiger partial charge is 0.411 e. The number of carbonyl (C=O) groups is 5. The Bertz CT molecular complexity index is 1870. The second kappa shape index (κ2) is 21.5. The van der Waals surface area contributed by atoms with Gasteiger partial charge in [-0.2, -0.15) is 0 Å². The van der Waals surface area contributed by atoms with E-state index in [1.807, 2.05) is 17.0 Å². The number of benzene rings is 2. The van der Waals surface area contributed by atoms with Crippen LogP contribution in [0.4, 0.5) is 16.2 Å². The van der Waals surface area contributed by atoms with Gasteiger partial charge >= 0.3 is 12.1 Å². The van der Waals surface area contributed by atoms with Crippen molar-refractivity contribution in [1.82, 2.24) is 15.2 Å². The van der Waals surface area contributed by atoms with E-state index >= 15 is 0 Å². The molecule has 16 heteroatoms. The Balaban J connectivity index is 1.05. The maximum atomic E-state index is 13.4. The molecular weight excluding hydrogens is 736 g/mol. The molecule has 2 fully saturated rings. The summed E-state index contributed by atoms with van der Waals surface area (Å²) in [5.41, 5.74) is 7.93. The van der Waals surface area contributed by atoms with Gasteiger partial charge in [0.2, 0.25) is 18.1 Å². The average Bonchev–Trinajstić information content (AvgIpc) is 3.20. The van der Waals surface area contributed by atoms with Crippen LogP contribution in [0.15, 0.2) is 73.1 Å². The third-order valence-electron chi connectivity index (χ3n) is 9.57. The first kappa shape index (κ1) is 42.3. The van der Waals surface area contributed by atoms with Crippen LogP contribution in [0.1, 0.15) is 72.9 Å². The SMILES string of the molecule is NCCC(=O)Nc1cc(COC(=O)Nc2cccc(C(=O)N3CCC(CCCCNC(=O)/C=C/c4cccnc4)CC3)c2)ccc1O[C@H]1C[C@@H](O)C[C@@H](C(=O)O)O1. The van der Waals surface area contributed by atoms with Gasteiger partial charge in [0.15, 0.2) is 6.10 Å². The number of aromatic nitrogens is 1. The number of rotatable bonds is 17. The van der Waals surface area contributed by atoms with Gasteiger partial charge in [-0.15, -0.1) is 0 Å². The molecule has 3 aromatic rings. The van der Waals surface area contributed by atoms with Gasteiger partial charge in [-0.05, 0) is 78.8 Å². The standard InChI is InChI=1S/C41H50N6O10/c42-16-13-37(50)46-33-21-29(9-11-34(33)56-38-24-32(48)23-35(57-38)40(52)53)26-55-41(54)45-31-8-3-7-30(22-31)39(51)47-19-14-27(15-20-47)5-1-2-18-44-36(49)12-10-28-6-4-17-43-25-28/h3-4,6-12,17,21-22,25,27,32,35,38,48H,1-2,5,13-16,18-20,23-24,26,42H2,(H,44,49)(H,45,54)(H,46,50)(H,52,53)/b12-10+/t32-,35-,38+/m0/s1. The summed E-state index contributed by atoms with van der Waals surface area (Å²) in [6.07, 6.45) is 7.22. The van der Waals surface area contributed by atoms with E-state index in [9.17, 15) is 34.2 Å². The van der Waals surface area contributed by atoms with Gasteiger partial charge in [0.1, 0.15) is 12.4 Å². The highest BCUT2D eigenvalue weighted by Gasteiger charge is 2.34. The Morgan fingerprint density at radius 3 is 2.58 bits per heavy atom. The van der Waals surface area contributed by atoms with E-state index in [0.717, 1.165) is 37.7 Å². The summed E-state index contributed by atoms with van der Waals surface area (Å²) in [6, 6.07) is 15.0. The largest absolute Gasteiger partial charge is 0.479 e. The second-order valence-corrected chi connectivity index (χ2v) is 14.0. The Labute approximate surface area is 330 Å². The summed E-state index contributed by atoms with van der Waals surface area (Å²) in [5, 5.41) is 27.7. The van der Waals surface area contributed by atoms with E-state index in [4.69, 9.17) is 19.9 Å². The molecule has 16 nitrogen and oxygen atoms in total. The Kier molecular flexibility index (Phi) is 15.9. The minimum Gasteiger partial charge on any atom is -0.479 e. The lowest BCUT2D eigenvalue weighted by atomic mass is 9.91. The number of nitrogens with one attached hydrogen (secondary N) is 3. The highest BCUT2D eigenvalue weighted by Crippen LogP contribution is 2.31. The molecule has 2 aliphatic heterocycles. The van der Waals surface area contributed by atoms with Crippen molar-refractivity contribution in [3.63, 3.8) is 0 Å². The third-order valence-corrected chi connectivity index (χ3v) is 9.57. The number of nitrogens with zero attached hydrogens (tertiary/aromatic N) is 2. The first-order chi connectivity index (χ1) is 27.6. The number of hydrogen-bond acceptors (Lipinski definition) is 11. The van der Waals surface area contributed by atoms with Crippen LogP contribution in [0.5, 0.6) is 5.75 Å². The van der Waals surface area contributed by atoms with Crippen molar-refractivity contribution in [2.75, 3.05) is 36.8 Å². The van der Waals surface area contributed by atoms with Gasteiger partial charge in [0, 0.05) is 75.2 Å². The Morgan fingerprint density at radius 2 is 1.82 bits per heavy atom. The number of piperidine rings is 1. The Hall–Kier alpha value is -5.84. The summed E-state index contributed by atoms with van der Waals surface area (Å²) in [7, 11) is 0. The van der Waals surface area contributed by atoms with Gasteiger partial charge < -0.3 is 45.7 Å². The minimum absolute atomic E-state index is 0.0223. The highest BCUT2D eigenvalue weighted by molar-refractivity contribution is 5.96. The summed E-state index contributed by atoms with van der Waals surface area (Å²) in [5.74, 6) is -1.21. The van der Waals surface area contributed by atoms with Gasteiger partial charge in [-0.1, -0.05) is 31.0 Å². The van der Waals surface area contributed by atoms with E-state index < -0.39 is 36.5 Å². The number of carboxylic acids is 1. The molecule has 0 saturated carbocycles. The summed E-state index contributed by atoms with van der Waals surface area (Å²) in [4.78, 5) is 67.9. The number of hydrogen-bond donors (Lipinski definition) is 6. The fourth-order valence-corrected chi connectivity index (χ4v) is 6.56. The van der Waals surface area contributed by atoms with Crippen molar-refractivity contribution < 1.29 is 48.4 Å². The number of anilines is 2. The van der Waals surface area contributed by atoms with Crippen LogP contribution in [0.25, 0.3) is 6.08 Å². The van der Waals surface area contributed by atoms with E-state index in [0.29, 0.717) is 42.4 Å². The maximum absolute atomic E-state index is 13.4. The van der Waals surface area contributed by atoms with Crippen molar-refractivity contribution in [2.24, 2.45) is 11.7 Å². The number of aliphatic hydroxyl groups excluding tert-OH is 1. The maximum Gasteiger partial charge on any atom is 0.411 e. The summed E-state index contributed by atoms with van der Waals surface area (Å²) in [6.45, 7) is 1.80. The number of carboxylic acid groups (broad SMARTS) is 1. The molecule has 7 N–H and O–H groups in total. The van der Waals surface area contributed by atoms with Crippen LogP contribution in [-0.2, 0) is 30.5 Å². The van der Waals surface area contributed by atoms with Crippen LogP contribution in [0.3, 0.4) is 0 Å². The lowest BCUT2D eigenvalue weighted by Crippen LogP contribution is -2.42. The number of likely N-dealkylation sites (tertiary alicyclic amines) is 1. The van der Waals surface area contributed by atoms with Gasteiger partial charge in [-0.25, -0.2) is 9.59 Å². The molecule has 1 aromatic heterocycles. The number of nitrogens with two attached hydrogens (primary N) is 1. The third kappa shape index (κ3) is 13.7. The van der Waals surface area contributed by atoms with Crippen LogP contribution in [0, 0.1) is 5.92 Å². The lowest BCUT2D eigenvalue weighted by Gasteiger charge is -2.32. The molecule has 0 bridgehead atoms. The Morgan fingerprint density at radius 1 is 1.00 bits per heavy atom. The molecule has 57 heavy (non-hydrogen) atoms. The number of carbonyl (C=O) groups excluding carboxylic acids is 4. The lowest BCUT2D eigenvalue weighted by molar-refractivity contribution is -0.195. The first-order valence-corrected chi connectivity index (χ1v) is 19.1. The fraction of sp³-hybridized carbons (Fsp3) is 0.415. The number of unbranched alkanes of at least 4 members (excludes halogenated alkanes) is 1. The molecule has 0 radical (unpaired) electrons. The van der Waals surface area contributed by atoms with Crippen molar-refractivity contribution in [2.45, 2.75) is 76.5 Å². The number of aliphatic carboxylic acids is 1. The van der Waals surface area contributed by atoms with Crippen LogP contribution in [0.2, 0.25) is 0 Å². The van der Waals surface area contributed by atoms with Crippen molar-refractivity contribution >= 4 is 47.2 Å². The topological polar surface area (TPSA) is 232 Å². The average molecular weight is 787 g/mol. The molecule has 2 aliphatic rings. The van der Waals surface area contributed by atoms with Gasteiger partial charge in [-0.3, -0.25) is 24.7 Å². The van der Waals surface area contributed by atoms with Crippen molar-refractivity contribution in [3.8, 4) is 5.75 Å². The number of ether oxygens (including phenoxy) is 3. The van der Waals surface area contributed by atoms with Crippen molar-refractivity contribution in [3.05, 3.63) is 89.8 Å². The molecule has 0 aliphatic carbocycles. The molecule has 3 heterocycles. The number of aliphatic hydroxyl groups is 1. The molecule has 5 rings (SSSR count). The number of amides is 4. The van der Waals surface area contributed by atoms with Gasteiger partial charge in [0.25, 0.3) is 5.91 Å². The first-order valence-electron chi connectivity index (χ1n) is 19.1. The zero-order chi connectivity index (χ0) is 40.6. The summed E-state index contributed by atoms with van der Waals surface area (Å²) < 4.78 is 16.7. The predicted octanol–water partition coefficient (Wildman–Crippen LogP) is 4.30. The van der Waals surface area contributed by atoms with Crippen LogP contribution < -0.4 is 26.4 Å². The fourth-order valence-electron chi connectivity index (χ4n) is 6.56. The molecule has 4 amide bonds. The zero-order valence-electron chi connectivity index (χ0n) is 31.6. The van der Waals surface area contributed by atoms with E-state index in [1.54, 1.807) is 48.8 Å². The summed E-state index contributed by atoms with van der Waals surface area (Å²) >= 11 is 0.